The van der Waals surface area contributed by atoms with Crippen molar-refractivity contribution in [3.05, 3.63) is 29.6 Å². The van der Waals surface area contributed by atoms with E-state index in [1.165, 1.54) is 0 Å². The van der Waals surface area contributed by atoms with E-state index < -0.39 is 17.5 Å². The maximum absolute atomic E-state index is 13.1. The molecule has 1 aromatic carbocycles. The predicted molar refractivity (Wildman–Crippen MR) is 71.4 cm³/mol. The van der Waals surface area contributed by atoms with Crippen molar-refractivity contribution in [3.8, 4) is 0 Å². The quantitative estimate of drug-likeness (QED) is 0.870. The minimum atomic E-state index is -1.53. The van der Waals surface area contributed by atoms with Crippen molar-refractivity contribution in [2.45, 2.75) is 26.1 Å². The van der Waals surface area contributed by atoms with Crippen LogP contribution in [-0.4, -0.2) is 42.6 Å². The summed E-state index contributed by atoms with van der Waals surface area (Å²) < 4.78 is 44.4. The van der Waals surface area contributed by atoms with Gasteiger partial charge < -0.3 is 15.0 Å². The summed E-state index contributed by atoms with van der Waals surface area (Å²) in [6.45, 7) is 4.56. The number of halogens is 3. The predicted octanol–water partition coefficient (Wildman–Crippen LogP) is 2.15. The zero-order valence-electron chi connectivity index (χ0n) is 11.8. The van der Waals surface area contributed by atoms with Crippen LogP contribution in [0.4, 0.5) is 18.9 Å². The molecule has 1 fully saturated rings. The van der Waals surface area contributed by atoms with Crippen molar-refractivity contribution in [2.24, 2.45) is 0 Å². The molecule has 0 aromatic heterocycles. The Morgan fingerprint density at radius 1 is 1.24 bits per heavy atom. The van der Waals surface area contributed by atoms with E-state index >= 15 is 0 Å². The summed E-state index contributed by atoms with van der Waals surface area (Å²) in [6.07, 6.45) is -0.114. The first-order valence-electron chi connectivity index (χ1n) is 6.68. The summed E-state index contributed by atoms with van der Waals surface area (Å²) in [6, 6.07) is 1.63. The number of carbonyl (C=O) groups is 1. The van der Waals surface area contributed by atoms with Gasteiger partial charge in [0.05, 0.1) is 18.8 Å². The maximum Gasteiger partial charge on any atom is 0.242 e. The van der Waals surface area contributed by atoms with E-state index in [1.54, 1.807) is 4.90 Å². The van der Waals surface area contributed by atoms with Gasteiger partial charge >= 0.3 is 0 Å². The second-order valence-corrected chi connectivity index (χ2v) is 5.16. The van der Waals surface area contributed by atoms with Crippen LogP contribution in [0.15, 0.2) is 12.1 Å². The zero-order valence-corrected chi connectivity index (χ0v) is 11.8. The fourth-order valence-electron chi connectivity index (χ4n) is 2.33. The summed E-state index contributed by atoms with van der Waals surface area (Å²) in [5.74, 6) is -4.32. The number of amides is 1. The van der Waals surface area contributed by atoms with Gasteiger partial charge in [-0.3, -0.25) is 4.79 Å². The Kier molecular flexibility index (Phi) is 4.72. The molecular formula is C14H17F3N2O2. The van der Waals surface area contributed by atoms with E-state index in [0.717, 1.165) is 12.1 Å². The first kappa shape index (κ1) is 15.6. The van der Waals surface area contributed by atoms with E-state index in [4.69, 9.17) is 4.74 Å². The van der Waals surface area contributed by atoms with Gasteiger partial charge in [-0.2, -0.15) is 0 Å². The van der Waals surface area contributed by atoms with Crippen LogP contribution in [0.25, 0.3) is 0 Å². The molecule has 2 atom stereocenters. The number of anilines is 1. The molecule has 21 heavy (non-hydrogen) atoms. The number of nitrogens with zero attached hydrogens (tertiary/aromatic N) is 1. The van der Waals surface area contributed by atoms with Crippen LogP contribution in [0, 0.1) is 17.5 Å². The number of hydrogen-bond donors (Lipinski definition) is 1. The molecule has 1 aromatic rings. The average molecular weight is 302 g/mol. The fourth-order valence-corrected chi connectivity index (χ4v) is 2.33. The van der Waals surface area contributed by atoms with Gasteiger partial charge in [-0.25, -0.2) is 13.2 Å². The minimum Gasteiger partial charge on any atom is -0.376 e. The van der Waals surface area contributed by atoms with Gasteiger partial charge in [-0.05, 0) is 13.8 Å². The number of ether oxygens (including phenoxy) is 1. The molecule has 1 N–H and O–H groups in total. The molecular weight excluding hydrogens is 285 g/mol. The lowest BCUT2D eigenvalue weighted by Gasteiger charge is -2.35. The maximum atomic E-state index is 13.1. The van der Waals surface area contributed by atoms with Crippen LogP contribution in [0.5, 0.6) is 0 Å². The molecule has 0 bridgehead atoms. The van der Waals surface area contributed by atoms with Crippen LogP contribution in [-0.2, 0) is 9.53 Å². The Labute approximate surface area is 120 Å². The highest BCUT2D eigenvalue weighted by atomic mass is 19.2. The van der Waals surface area contributed by atoms with Crippen molar-refractivity contribution in [1.82, 2.24) is 4.90 Å². The van der Waals surface area contributed by atoms with Gasteiger partial charge in [0.2, 0.25) is 5.91 Å². The molecule has 0 spiro atoms. The largest absolute Gasteiger partial charge is 0.376 e. The normalized spacial score (nSPS) is 22.2. The molecule has 1 amide bonds. The number of nitrogens with one attached hydrogen (secondary N) is 1. The standard InChI is InChI=1S/C14H17F3N2O2/c1-8-6-19(7-9(2)21-8)13(20)5-18-10-3-11(15)14(17)12(16)4-10/h3-4,8-9,18H,5-7H2,1-2H3. The molecule has 0 saturated carbocycles. The van der Waals surface area contributed by atoms with Crippen molar-refractivity contribution in [2.75, 3.05) is 25.0 Å². The molecule has 2 rings (SSSR count). The molecule has 7 heteroatoms. The van der Waals surface area contributed by atoms with Crippen LogP contribution in [0.2, 0.25) is 0 Å². The third kappa shape index (κ3) is 3.87. The van der Waals surface area contributed by atoms with Crippen LogP contribution in [0.1, 0.15) is 13.8 Å². The van der Waals surface area contributed by atoms with Gasteiger partial charge in [0, 0.05) is 30.9 Å². The van der Waals surface area contributed by atoms with Crippen LogP contribution in [0.3, 0.4) is 0 Å². The molecule has 4 nitrogen and oxygen atoms in total. The van der Waals surface area contributed by atoms with E-state index in [9.17, 15) is 18.0 Å². The van der Waals surface area contributed by atoms with Gasteiger partial charge in [0.15, 0.2) is 17.5 Å². The smallest absolute Gasteiger partial charge is 0.242 e. The Bertz CT molecular complexity index is 506. The highest BCUT2D eigenvalue weighted by Crippen LogP contribution is 2.17. The molecule has 1 aliphatic rings. The summed E-state index contributed by atoms with van der Waals surface area (Å²) in [5.41, 5.74) is 0.0223. The monoisotopic (exact) mass is 302 g/mol. The number of morpholine rings is 1. The highest BCUT2D eigenvalue weighted by molar-refractivity contribution is 5.81. The van der Waals surface area contributed by atoms with Crippen molar-refractivity contribution in [3.63, 3.8) is 0 Å². The lowest BCUT2D eigenvalue weighted by molar-refractivity contribution is -0.141. The minimum absolute atomic E-state index is 0.0223. The summed E-state index contributed by atoms with van der Waals surface area (Å²) in [7, 11) is 0. The Hall–Kier alpha value is -1.76. The molecule has 1 aliphatic heterocycles. The van der Waals surface area contributed by atoms with Crippen LogP contribution < -0.4 is 5.32 Å². The summed E-state index contributed by atoms with van der Waals surface area (Å²) in [5, 5.41) is 2.60. The molecule has 116 valence electrons. The number of rotatable bonds is 3. The first-order valence-corrected chi connectivity index (χ1v) is 6.68. The van der Waals surface area contributed by atoms with Gasteiger partial charge in [-0.15, -0.1) is 0 Å². The van der Waals surface area contributed by atoms with Gasteiger partial charge in [0.25, 0.3) is 0 Å². The second kappa shape index (κ2) is 6.34. The lowest BCUT2D eigenvalue weighted by atomic mass is 10.2. The first-order chi connectivity index (χ1) is 9.86. The molecule has 2 unspecified atom stereocenters. The van der Waals surface area contributed by atoms with E-state index in [-0.39, 0.29) is 30.3 Å². The summed E-state index contributed by atoms with van der Waals surface area (Å²) >= 11 is 0. The second-order valence-electron chi connectivity index (χ2n) is 5.16. The van der Waals surface area contributed by atoms with Gasteiger partial charge in [0.1, 0.15) is 0 Å². The SMILES string of the molecule is CC1CN(C(=O)CNc2cc(F)c(F)c(F)c2)CC(C)O1. The average Bonchev–Trinajstić information content (AvgIpc) is 2.40. The Morgan fingerprint density at radius 3 is 2.29 bits per heavy atom. The van der Waals surface area contributed by atoms with E-state index in [0.29, 0.717) is 13.1 Å². The van der Waals surface area contributed by atoms with Crippen molar-refractivity contribution < 1.29 is 22.7 Å². The lowest BCUT2D eigenvalue weighted by Crippen LogP contribution is -2.49. The number of benzene rings is 1. The Balaban J connectivity index is 1.95. The zero-order chi connectivity index (χ0) is 15.6. The Morgan fingerprint density at radius 2 is 1.76 bits per heavy atom. The highest BCUT2D eigenvalue weighted by Gasteiger charge is 2.25. The third-order valence-corrected chi connectivity index (χ3v) is 3.20. The van der Waals surface area contributed by atoms with Crippen molar-refractivity contribution >= 4 is 11.6 Å². The topological polar surface area (TPSA) is 41.6 Å². The number of carbonyl (C=O) groups excluding carboxylic acids is 1. The molecule has 0 radical (unpaired) electrons. The third-order valence-electron chi connectivity index (χ3n) is 3.20. The van der Waals surface area contributed by atoms with E-state index in [1.807, 2.05) is 13.8 Å². The van der Waals surface area contributed by atoms with E-state index in [2.05, 4.69) is 5.32 Å². The molecule has 0 aliphatic carbocycles. The summed E-state index contributed by atoms with van der Waals surface area (Å²) in [4.78, 5) is 13.7. The molecule has 1 heterocycles. The van der Waals surface area contributed by atoms with Crippen LogP contribution >= 0.6 is 0 Å². The fraction of sp³-hybridized carbons (Fsp3) is 0.500. The molecule has 1 saturated heterocycles. The van der Waals surface area contributed by atoms with Gasteiger partial charge in [-0.1, -0.05) is 0 Å². The number of hydrogen-bond acceptors (Lipinski definition) is 3. The van der Waals surface area contributed by atoms with Crippen molar-refractivity contribution in [1.29, 1.82) is 0 Å².